The van der Waals surface area contributed by atoms with Gasteiger partial charge in [0.25, 0.3) is 5.91 Å². The van der Waals surface area contributed by atoms with E-state index in [9.17, 15) is 4.79 Å². The molecule has 0 radical (unpaired) electrons. The quantitative estimate of drug-likeness (QED) is 0.832. The van der Waals surface area contributed by atoms with E-state index in [1.165, 1.54) is 0 Å². The SMILES string of the molecule is CC(C)CC(Cl)CNC(=O)c1ccc(C#N)cc1. The topological polar surface area (TPSA) is 52.9 Å². The number of nitrogens with zero attached hydrogens (tertiary/aromatic N) is 1. The fourth-order valence-corrected chi connectivity index (χ4v) is 2.03. The van der Waals surface area contributed by atoms with Crippen molar-refractivity contribution >= 4 is 17.5 Å². The van der Waals surface area contributed by atoms with Crippen molar-refractivity contribution in [3.8, 4) is 6.07 Å². The Bertz CT molecular complexity index is 434. The Morgan fingerprint density at radius 1 is 1.39 bits per heavy atom. The second kappa shape index (κ2) is 7.03. The zero-order valence-electron chi connectivity index (χ0n) is 10.6. The van der Waals surface area contributed by atoms with E-state index < -0.39 is 0 Å². The average molecular weight is 265 g/mol. The first kappa shape index (κ1) is 14.5. The van der Waals surface area contributed by atoms with Gasteiger partial charge >= 0.3 is 0 Å². The van der Waals surface area contributed by atoms with Crippen LogP contribution in [0, 0.1) is 17.2 Å². The first-order valence-corrected chi connectivity index (χ1v) is 6.39. The molecular formula is C14H17ClN2O. The smallest absolute Gasteiger partial charge is 0.251 e. The Labute approximate surface area is 113 Å². The molecule has 0 bridgehead atoms. The van der Waals surface area contributed by atoms with Gasteiger partial charge in [0.1, 0.15) is 0 Å². The van der Waals surface area contributed by atoms with Gasteiger partial charge in [0.05, 0.1) is 17.0 Å². The highest BCUT2D eigenvalue weighted by Gasteiger charge is 2.10. The van der Waals surface area contributed by atoms with E-state index in [4.69, 9.17) is 16.9 Å². The van der Waals surface area contributed by atoms with Crippen LogP contribution >= 0.6 is 11.6 Å². The van der Waals surface area contributed by atoms with Crippen LogP contribution in [0.15, 0.2) is 24.3 Å². The van der Waals surface area contributed by atoms with Gasteiger partial charge in [-0.1, -0.05) is 13.8 Å². The number of halogens is 1. The molecule has 0 saturated heterocycles. The third-order valence-electron chi connectivity index (χ3n) is 2.49. The predicted molar refractivity (Wildman–Crippen MR) is 72.6 cm³/mol. The molecule has 1 amide bonds. The number of hydrogen-bond acceptors (Lipinski definition) is 2. The first-order valence-electron chi connectivity index (χ1n) is 5.95. The minimum Gasteiger partial charge on any atom is -0.351 e. The number of hydrogen-bond donors (Lipinski definition) is 1. The van der Waals surface area contributed by atoms with Gasteiger partial charge in [0.15, 0.2) is 0 Å². The third kappa shape index (κ3) is 4.77. The maximum atomic E-state index is 11.8. The van der Waals surface area contributed by atoms with Crippen molar-refractivity contribution in [3.63, 3.8) is 0 Å². The molecule has 0 heterocycles. The molecule has 4 heteroatoms. The highest BCUT2D eigenvalue weighted by atomic mass is 35.5. The van der Waals surface area contributed by atoms with E-state index >= 15 is 0 Å². The fourth-order valence-electron chi connectivity index (χ4n) is 1.60. The van der Waals surface area contributed by atoms with Gasteiger partial charge < -0.3 is 5.32 Å². The van der Waals surface area contributed by atoms with E-state index in [2.05, 4.69) is 19.2 Å². The Hall–Kier alpha value is -1.53. The van der Waals surface area contributed by atoms with Crippen LogP contribution in [-0.2, 0) is 0 Å². The zero-order chi connectivity index (χ0) is 13.5. The number of rotatable bonds is 5. The first-order chi connectivity index (χ1) is 8.52. The molecule has 0 aliphatic heterocycles. The summed E-state index contributed by atoms with van der Waals surface area (Å²) < 4.78 is 0. The number of amides is 1. The summed E-state index contributed by atoms with van der Waals surface area (Å²) in [5.41, 5.74) is 1.09. The lowest BCUT2D eigenvalue weighted by molar-refractivity contribution is 0.0953. The van der Waals surface area contributed by atoms with E-state index in [0.717, 1.165) is 6.42 Å². The largest absolute Gasteiger partial charge is 0.351 e. The highest BCUT2D eigenvalue weighted by Crippen LogP contribution is 2.10. The minimum atomic E-state index is -0.158. The van der Waals surface area contributed by atoms with Crippen molar-refractivity contribution in [2.45, 2.75) is 25.6 Å². The Morgan fingerprint density at radius 2 is 2.00 bits per heavy atom. The van der Waals surface area contributed by atoms with Crippen LogP contribution in [0.25, 0.3) is 0 Å². The lowest BCUT2D eigenvalue weighted by atomic mass is 10.1. The third-order valence-corrected chi connectivity index (χ3v) is 2.82. The van der Waals surface area contributed by atoms with Crippen LogP contribution in [0.1, 0.15) is 36.2 Å². The number of nitriles is 1. The van der Waals surface area contributed by atoms with E-state index in [0.29, 0.717) is 23.6 Å². The normalized spacial score (nSPS) is 11.9. The summed E-state index contributed by atoms with van der Waals surface area (Å²) in [6.07, 6.45) is 0.870. The zero-order valence-corrected chi connectivity index (χ0v) is 11.4. The van der Waals surface area contributed by atoms with Crippen molar-refractivity contribution in [1.29, 1.82) is 5.26 Å². The summed E-state index contributed by atoms with van der Waals surface area (Å²) in [6, 6.07) is 8.54. The lowest BCUT2D eigenvalue weighted by Crippen LogP contribution is -2.30. The molecule has 1 atom stereocenters. The summed E-state index contributed by atoms with van der Waals surface area (Å²) in [5.74, 6) is 0.355. The molecule has 1 N–H and O–H groups in total. The van der Waals surface area contributed by atoms with Crippen molar-refractivity contribution in [3.05, 3.63) is 35.4 Å². The van der Waals surface area contributed by atoms with Crippen LogP contribution < -0.4 is 5.32 Å². The number of benzene rings is 1. The molecule has 1 aromatic rings. The minimum absolute atomic E-state index is 0.0488. The van der Waals surface area contributed by atoms with Crippen molar-refractivity contribution in [1.82, 2.24) is 5.32 Å². The van der Waals surface area contributed by atoms with Gasteiger partial charge in [0, 0.05) is 12.1 Å². The van der Waals surface area contributed by atoms with E-state index in [1.807, 2.05) is 6.07 Å². The van der Waals surface area contributed by atoms with E-state index in [-0.39, 0.29) is 11.3 Å². The van der Waals surface area contributed by atoms with E-state index in [1.54, 1.807) is 24.3 Å². The lowest BCUT2D eigenvalue weighted by Gasteiger charge is -2.12. The molecule has 0 spiro atoms. The fraction of sp³-hybridized carbons (Fsp3) is 0.429. The van der Waals surface area contributed by atoms with Crippen LogP contribution in [0.3, 0.4) is 0 Å². The number of carbonyl (C=O) groups excluding carboxylic acids is 1. The van der Waals surface area contributed by atoms with Gasteiger partial charge in [-0.25, -0.2) is 0 Å². The molecule has 1 unspecified atom stereocenters. The molecule has 0 saturated carbocycles. The van der Waals surface area contributed by atoms with Gasteiger partial charge in [-0.05, 0) is 36.6 Å². The van der Waals surface area contributed by atoms with Gasteiger partial charge in [-0.3, -0.25) is 4.79 Å². The maximum Gasteiger partial charge on any atom is 0.251 e. The number of alkyl halides is 1. The van der Waals surface area contributed by atoms with Crippen LogP contribution in [-0.4, -0.2) is 17.8 Å². The van der Waals surface area contributed by atoms with Gasteiger partial charge in [-0.15, -0.1) is 11.6 Å². The number of carbonyl (C=O) groups is 1. The van der Waals surface area contributed by atoms with Gasteiger partial charge in [0.2, 0.25) is 0 Å². The van der Waals surface area contributed by atoms with Crippen molar-refractivity contribution < 1.29 is 4.79 Å². The Kier molecular flexibility index (Phi) is 5.67. The Morgan fingerprint density at radius 3 is 2.50 bits per heavy atom. The highest BCUT2D eigenvalue weighted by molar-refractivity contribution is 6.20. The summed E-state index contributed by atoms with van der Waals surface area (Å²) in [7, 11) is 0. The molecule has 3 nitrogen and oxygen atoms in total. The average Bonchev–Trinajstić information content (AvgIpc) is 2.35. The molecule has 18 heavy (non-hydrogen) atoms. The second-order valence-corrected chi connectivity index (χ2v) is 5.24. The van der Waals surface area contributed by atoms with Crippen molar-refractivity contribution in [2.75, 3.05) is 6.54 Å². The molecule has 0 aliphatic carbocycles. The molecule has 1 aromatic carbocycles. The monoisotopic (exact) mass is 264 g/mol. The summed E-state index contributed by atoms with van der Waals surface area (Å²) in [6.45, 7) is 4.65. The summed E-state index contributed by atoms with van der Waals surface area (Å²) in [4.78, 5) is 11.8. The molecule has 0 aliphatic rings. The van der Waals surface area contributed by atoms with Gasteiger partial charge in [-0.2, -0.15) is 5.26 Å². The van der Waals surface area contributed by atoms with Crippen LogP contribution in [0.5, 0.6) is 0 Å². The maximum absolute atomic E-state index is 11.8. The van der Waals surface area contributed by atoms with Crippen molar-refractivity contribution in [2.24, 2.45) is 5.92 Å². The number of nitrogens with one attached hydrogen (secondary N) is 1. The van der Waals surface area contributed by atoms with Crippen LogP contribution in [0.2, 0.25) is 0 Å². The molecule has 1 rings (SSSR count). The van der Waals surface area contributed by atoms with Crippen LogP contribution in [0.4, 0.5) is 0 Å². The molecule has 96 valence electrons. The molecular weight excluding hydrogens is 248 g/mol. The summed E-state index contributed by atoms with van der Waals surface area (Å²) in [5, 5.41) is 11.4. The summed E-state index contributed by atoms with van der Waals surface area (Å²) >= 11 is 6.10. The molecule has 0 aromatic heterocycles. The second-order valence-electron chi connectivity index (χ2n) is 4.63. The standard InChI is InChI=1S/C14H17ClN2O/c1-10(2)7-13(15)9-17-14(18)12-5-3-11(8-16)4-6-12/h3-6,10,13H,7,9H2,1-2H3,(H,17,18). The Balaban J connectivity index is 2.47. The predicted octanol–water partition coefficient (Wildman–Crippen LogP) is 2.94. The molecule has 0 fully saturated rings.